The van der Waals surface area contributed by atoms with Crippen LogP contribution >= 0.6 is 11.6 Å². The molecule has 2 aromatic carbocycles. The standard InChI is InChI=1S/C19H15ClN2O4/c1-24-15-5-3-4-12(16(15)25-2)17-21-18(23)13-9-10-8-11(20)6-7-14(10)26-19(13)22-17/h3-8H,9H2,1-2H3,(H,21,22,23). The minimum Gasteiger partial charge on any atom is -0.493 e. The lowest BCUT2D eigenvalue weighted by molar-refractivity contribution is 0.356. The highest BCUT2D eigenvalue weighted by Crippen LogP contribution is 2.39. The van der Waals surface area contributed by atoms with E-state index in [-0.39, 0.29) is 11.4 Å². The molecule has 132 valence electrons. The number of hydrogen-bond donors (Lipinski definition) is 1. The van der Waals surface area contributed by atoms with Crippen molar-refractivity contribution in [3.05, 3.63) is 62.9 Å². The maximum absolute atomic E-state index is 12.6. The Morgan fingerprint density at radius 3 is 2.81 bits per heavy atom. The second kappa shape index (κ2) is 6.38. The third-order valence-corrected chi connectivity index (χ3v) is 4.47. The van der Waals surface area contributed by atoms with Crippen molar-refractivity contribution in [1.82, 2.24) is 9.97 Å². The number of fused-ring (bicyclic) bond motifs is 2. The van der Waals surface area contributed by atoms with Crippen LogP contribution in [0.2, 0.25) is 5.02 Å². The number of aromatic nitrogens is 2. The first kappa shape index (κ1) is 16.5. The van der Waals surface area contributed by atoms with Gasteiger partial charge in [-0.1, -0.05) is 17.7 Å². The van der Waals surface area contributed by atoms with Crippen molar-refractivity contribution in [2.75, 3.05) is 14.2 Å². The number of hydrogen-bond acceptors (Lipinski definition) is 5. The van der Waals surface area contributed by atoms with Crippen LogP contribution in [0, 0.1) is 0 Å². The molecule has 0 radical (unpaired) electrons. The SMILES string of the molecule is COc1cccc(-c2nc3c(c(=O)[nH]2)Cc2cc(Cl)ccc2O3)c1OC. The van der Waals surface area contributed by atoms with Gasteiger partial charge in [-0.15, -0.1) is 0 Å². The van der Waals surface area contributed by atoms with Crippen LogP contribution in [0.4, 0.5) is 0 Å². The van der Waals surface area contributed by atoms with E-state index in [4.69, 9.17) is 25.8 Å². The third kappa shape index (κ3) is 2.68. The Morgan fingerprint density at radius 1 is 1.19 bits per heavy atom. The van der Waals surface area contributed by atoms with Crippen molar-refractivity contribution < 1.29 is 14.2 Å². The molecular weight excluding hydrogens is 356 g/mol. The molecule has 2 heterocycles. The molecule has 0 saturated heterocycles. The number of benzene rings is 2. The van der Waals surface area contributed by atoms with E-state index in [0.717, 1.165) is 5.56 Å². The average Bonchev–Trinajstić information content (AvgIpc) is 2.66. The Balaban J connectivity index is 1.84. The molecule has 1 aliphatic heterocycles. The monoisotopic (exact) mass is 370 g/mol. The lowest BCUT2D eigenvalue weighted by atomic mass is 10.0. The Hall–Kier alpha value is -2.99. The normalized spacial score (nSPS) is 12.0. The average molecular weight is 371 g/mol. The van der Waals surface area contributed by atoms with Crippen molar-refractivity contribution in [1.29, 1.82) is 0 Å². The van der Waals surface area contributed by atoms with Crippen LogP contribution in [0.3, 0.4) is 0 Å². The molecule has 1 N–H and O–H groups in total. The maximum Gasteiger partial charge on any atom is 0.258 e. The predicted octanol–water partition coefficient (Wildman–Crippen LogP) is 3.80. The summed E-state index contributed by atoms with van der Waals surface area (Å²) in [6, 6.07) is 10.7. The molecule has 0 saturated carbocycles. The fourth-order valence-electron chi connectivity index (χ4n) is 3.00. The van der Waals surface area contributed by atoms with E-state index in [1.807, 2.05) is 0 Å². The summed E-state index contributed by atoms with van der Waals surface area (Å²) in [5.74, 6) is 2.31. The molecule has 4 rings (SSSR count). The Morgan fingerprint density at radius 2 is 2.04 bits per heavy atom. The molecule has 0 spiro atoms. The lowest BCUT2D eigenvalue weighted by Crippen LogP contribution is -2.20. The zero-order valence-electron chi connectivity index (χ0n) is 14.1. The number of aromatic amines is 1. The van der Waals surface area contributed by atoms with E-state index in [1.54, 1.807) is 43.5 Å². The highest BCUT2D eigenvalue weighted by atomic mass is 35.5. The van der Waals surface area contributed by atoms with Crippen LogP contribution in [0.15, 0.2) is 41.2 Å². The maximum atomic E-state index is 12.6. The van der Waals surface area contributed by atoms with Gasteiger partial charge in [-0.3, -0.25) is 4.79 Å². The van der Waals surface area contributed by atoms with Gasteiger partial charge in [0, 0.05) is 17.0 Å². The van der Waals surface area contributed by atoms with E-state index in [9.17, 15) is 4.79 Å². The van der Waals surface area contributed by atoms with Crippen molar-refractivity contribution in [3.8, 4) is 34.5 Å². The highest BCUT2D eigenvalue weighted by Gasteiger charge is 2.24. The second-order valence-corrected chi connectivity index (χ2v) is 6.21. The minimum atomic E-state index is -0.263. The van der Waals surface area contributed by atoms with Crippen LogP contribution in [0.1, 0.15) is 11.1 Å². The van der Waals surface area contributed by atoms with E-state index in [1.165, 1.54) is 7.11 Å². The van der Waals surface area contributed by atoms with Crippen molar-refractivity contribution >= 4 is 11.6 Å². The summed E-state index contributed by atoms with van der Waals surface area (Å²) >= 11 is 6.03. The molecular formula is C19H15ClN2O4. The lowest BCUT2D eigenvalue weighted by Gasteiger charge is -2.19. The molecule has 0 atom stereocenters. The van der Waals surface area contributed by atoms with Gasteiger partial charge >= 0.3 is 0 Å². The highest BCUT2D eigenvalue weighted by molar-refractivity contribution is 6.30. The van der Waals surface area contributed by atoms with Crippen molar-refractivity contribution in [2.45, 2.75) is 6.42 Å². The number of halogens is 1. The molecule has 7 heteroatoms. The fraction of sp³-hybridized carbons (Fsp3) is 0.158. The van der Waals surface area contributed by atoms with Gasteiger partial charge in [0.1, 0.15) is 11.6 Å². The van der Waals surface area contributed by atoms with Crippen LogP contribution < -0.4 is 19.8 Å². The molecule has 26 heavy (non-hydrogen) atoms. The first-order valence-electron chi connectivity index (χ1n) is 7.91. The quantitative estimate of drug-likeness (QED) is 0.593. The predicted molar refractivity (Wildman–Crippen MR) is 97.7 cm³/mol. The molecule has 3 aromatic rings. The van der Waals surface area contributed by atoms with Crippen LogP contribution in [0.5, 0.6) is 23.1 Å². The fourth-order valence-corrected chi connectivity index (χ4v) is 3.19. The zero-order chi connectivity index (χ0) is 18.3. The van der Waals surface area contributed by atoms with Gasteiger partial charge in [-0.2, -0.15) is 4.98 Å². The number of para-hydroxylation sites is 1. The van der Waals surface area contributed by atoms with Gasteiger partial charge in [0.05, 0.1) is 25.3 Å². The van der Waals surface area contributed by atoms with Gasteiger partial charge in [0.2, 0.25) is 5.88 Å². The summed E-state index contributed by atoms with van der Waals surface area (Å²) in [5, 5.41) is 0.595. The summed E-state index contributed by atoms with van der Waals surface area (Å²) in [6.07, 6.45) is 0.406. The largest absolute Gasteiger partial charge is 0.493 e. The van der Waals surface area contributed by atoms with E-state index in [2.05, 4.69) is 9.97 Å². The van der Waals surface area contributed by atoms with E-state index in [0.29, 0.717) is 45.6 Å². The second-order valence-electron chi connectivity index (χ2n) is 5.77. The van der Waals surface area contributed by atoms with Gasteiger partial charge in [0.15, 0.2) is 11.5 Å². The number of rotatable bonds is 3. The summed E-state index contributed by atoms with van der Waals surface area (Å²) in [6.45, 7) is 0. The molecule has 0 amide bonds. The Kier molecular flexibility index (Phi) is 4.05. The zero-order valence-corrected chi connectivity index (χ0v) is 14.9. The number of methoxy groups -OCH3 is 2. The molecule has 0 bridgehead atoms. The number of nitrogens with one attached hydrogen (secondary N) is 1. The van der Waals surface area contributed by atoms with Gasteiger partial charge in [0.25, 0.3) is 5.56 Å². The van der Waals surface area contributed by atoms with E-state index >= 15 is 0 Å². The van der Waals surface area contributed by atoms with Gasteiger partial charge < -0.3 is 19.2 Å². The number of ether oxygens (including phenoxy) is 3. The van der Waals surface area contributed by atoms with Crippen molar-refractivity contribution in [3.63, 3.8) is 0 Å². The van der Waals surface area contributed by atoms with Gasteiger partial charge in [-0.05, 0) is 30.3 Å². The van der Waals surface area contributed by atoms with Crippen LogP contribution in [-0.2, 0) is 6.42 Å². The Labute approximate surface area is 154 Å². The Bertz CT molecular complexity index is 1060. The molecule has 1 aromatic heterocycles. The van der Waals surface area contributed by atoms with E-state index < -0.39 is 0 Å². The summed E-state index contributed by atoms with van der Waals surface area (Å²) in [5.41, 5.74) is 1.66. The molecule has 6 nitrogen and oxygen atoms in total. The molecule has 1 aliphatic rings. The number of H-pyrrole nitrogens is 1. The third-order valence-electron chi connectivity index (χ3n) is 4.23. The topological polar surface area (TPSA) is 73.4 Å². The van der Waals surface area contributed by atoms with Crippen LogP contribution in [0.25, 0.3) is 11.4 Å². The summed E-state index contributed by atoms with van der Waals surface area (Å²) in [7, 11) is 3.09. The molecule has 0 fully saturated rings. The first-order valence-corrected chi connectivity index (χ1v) is 8.29. The van der Waals surface area contributed by atoms with Gasteiger partial charge in [-0.25, -0.2) is 0 Å². The minimum absolute atomic E-state index is 0.263. The summed E-state index contributed by atoms with van der Waals surface area (Å²) in [4.78, 5) is 19.9. The first-order chi connectivity index (χ1) is 12.6. The molecule has 0 unspecified atom stereocenters. The van der Waals surface area contributed by atoms with Crippen molar-refractivity contribution in [2.24, 2.45) is 0 Å². The number of nitrogens with zero attached hydrogens (tertiary/aromatic N) is 1. The smallest absolute Gasteiger partial charge is 0.258 e. The van der Waals surface area contributed by atoms with Crippen LogP contribution in [-0.4, -0.2) is 24.2 Å². The molecule has 0 aliphatic carbocycles. The summed E-state index contributed by atoms with van der Waals surface area (Å²) < 4.78 is 16.6.